The lowest BCUT2D eigenvalue weighted by molar-refractivity contribution is -0.130. The van der Waals surface area contributed by atoms with E-state index in [1.165, 1.54) is 11.1 Å². The molecule has 2 aromatic rings. The van der Waals surface area contributed by atoms with Gasteiger partial charge in [0.15, 0.2) is 0 Å². The zero-order chi connectivity index (χ0) is 17.2. The van der Waals surface area contributed by atoms with Crippen molar-refractivity contribution < 1.29 is 9.42 Å². The molecule has 1 amide bonds. The third-order valence-electron chi connectivity index (χ3n) is 5.49. The summed E-state index contributed by atoms with van der Waals surface area (Å²) in [5.74, 6) is 0.121. The van der Waals surface area contributed by atoms with Gasteiger partial charge in [0.2, 0.25) is 5.91 Å². The molecule has 0 bridgehead atoms. The molecule has 6 heteroatoms. The quantitative estimate of drug-likeness (QED) is 0.850. The standard InChI is InChI=1S/C19H24N4O2/c1-14-18(21-25-20-14)13-19(24)23-8-4-7-22(9-10-23)17-11-15-5-2-3-6-16(15)12-17/h2-3,5-6,17H,4,7-13H2,1H3. The van der Waals surface area contributed by atoms with Crippen molar-refractivity contribution >= 4 is 5.91 Å². The van der Waals surface area contributed by atoms with Crippen molar-refractivity contribution in [1.82, 2.24) is 20.1 Å². The Balaban J connectivity index is 1.35. The summed E-state index contributed by atoms with van der Waals surface area (Å²) in [6.45, 7) is 5.43. The second kappa shape index (κ2) is 6.96. The SMILES string of the molecule is Cc1nonc1CC(=O)N1CCCN(C2Cc3ccccc3C2)CC1. The molecule has 6 nitrogen and oxygen atoms in total. The van der Waals surface area contributed by atoms with Gasteiger partial charge < -0.3 is 4.90 Å². The fourth-order valence-corrected chi connectivity index (χ4v) is 4.01. The molecule has 4 rings (SSSR count). The van der Waals surface area contributed by atoms with Gasteiger partial charge in [-0.15, -0.1) is 0 Å². The highest BCUT2D eigenvalue weighted by molar-refractivity contribution is 5.78. The van der Waals surface area contributed by atoms with Crippen molar-refractivity contribution in [1.29, 1.82) is 0 Å². The second-order valence-corrected chi connectivity index (χ2v) is 7.07. The average Bonchev–Trinajstić information content (AvgIpc) is 3.13. The van der Waals surface area contributed by atoms with E-state index < -0.39 is 0 Å². The Hall–Kier alpha value is -2.21. The van der Waals surface area contributed by atoms with E-state index in [0.717, 1.165) is 45.4 Å². The fourth-order valence-electron chi connectivity index (χ4n) is 4.01. The molecule has 0 unspecified atom stereocenters. The second-order valence-electron chi connectivity index (χ2n) is 7.07. The highest BCUT2D eigenvalue weighted by Crippen LogP contribution is 2.26. The Kier molecular flexibility index (Phi) is 4.53. The minimum absolute atomic E-state index is 0.121. The van der Waals surface area contributed by atoms with Gasteiger partial charge >= 0.3 is 0 Å². The molecule has 25 heavy (non-hydrogen) atoms. The van der Waals surface area contributed by atoms with Gasteiger partial charge in [-0.1, -0.05) is 34.6 Å². The molecule has 0 saturated carbocycles. The maximum absolute atomic E-state index is 12.6. The Labute approximate surface area is 147 Å². The van der Waals surface area contributed by atoms with E-state index in [9.17, 15) is 4.79 Å². The molecular weight excluding hydrogens is 316 g/mol. The van der Waals surface area contributed by atoms with Crippen LogP contribution in [0.25, 0.3) is 0 Å². The number of aryl methyl sites for hydroxylation is 1. The van der Waals surface area contributed by atoms with E-state index in [-0.39, 0.29) is 12.3 Å². The van der Waals surface area contributed by atoms with Crippen molar-refractivity contribution in [2.75, 3.05) is 26.2 Å². The van der Waals surface area contributed by atoms with Gasteiger partial charge in [0, 0.05) is 32.2 Å². The first-order valence-corrected chi connectivity index (χ1v) is 9.07. The number of rotatable bonds is 3. The van der Waals surface area contributed by atoms with E-state index in [1.54, 1.807) is 0 Å². The maximum Gasteiger partial charge on any atom is 0.228 e. The first-order valence-electron chi connectivity index (χ1n) is 9.07. The monoisotopic (exact) mass is 340 g/mol. The lowest BCUT2D eigenvalue weighted by Gasteiger charge is -2.27. The molecule has 1 aromatic heterocycles. The number of nitrogens with zero attached hydrogens (tertiary/aromatic N) is 4. The van der Waals surface area contributed by atoms with E-state index in [1.807, 2.05) is 11.8 Å². The van der Waals surface area contributed by atoms with E-state index in [2.05, 4.69) is 39.5 Å². The third-order valence-corrected chi connectivity index (χ3v) is 5.49. The van der Waals surface area contributed by atoms with Crippen LogP contribution in [-0.2, 0) is 24.1 Å². The third kappa shape index (κ3) is 3.44. The highest BCUT2D eigenvalue weighted by atomic mass is 16.6. The average molecular weight is 340 g/mol. The van der Waals surface area contributed by atoms with Crippen LogP contribution < -0.4 is 0 Å². The molecule has 2 heterocycles. The van der Waals surface area contributed by atoms with E-state index >= 15 is 0 Å². The molecule has 0 radical (unpaired) electrons. The predicted molar refractivity (Wildman–Crippen MR) is 93.1 cm³/mol. The summed E-state index contributed by atoms with van der Waals surface area (Å²) in [6, 6.07) is 9.33. The molecule has 0 N–H and O–H groups in total. The molecule has 132 valence electrons. The maximum atomic E-state index is 12.6. The van der Waals surface area contributed by atoms with Gasteiger partial charge in [-0.05, 0) is 37.3 Å². The van der Waals surface area contributed by atoms with Crippen molar-refractivity contribution in [2.45, 2.75) is 38.6 Å². The summed E-state index contributed by atoms with van der Waals surface area (Å²) < 4.78 is 4.69. The lowest BCUT2D eigenvalue weighted by Crippen LogP contribution is -2.40. The lowest BCUT2D eigenvalue weighted by atomic mass is 10.1. The van der Waals surface area contributed by atoms with Gasteiger partial charge in [-0.25, -0.2) is 4.63 Å². The molecule has 1 aliphatic carbocycles. The molecule has 1 aliphatic heterocycles. The summed E-state index contributed by atoms with van der Waals surface area (Å²) in [5, 5.41) is 7.58. The van der Waals surface area contributed by atoms with Gasteiger partial charge in [0.05, 0.1) is 6.42 Å². The van der Waals surface area contributed by atoms with Crippen molar-refractivity contribution in [3.8, 4) is 0 Å². The van der Waals surface area contributed by atoms with Crippen molar-refractivity contribution in [3.05, 3.63) is 46.8 Å². The summed E-state index contributed by atoms with van der Waals surface area (Å²) in [4.78, 5) is 17.1. The highest BCUT2D eigenvalue weighted by Gasteiger charge is 2.29. The van der Waals surface area contributed by atoms with Crippen LogP contribution in [0.15, 0.2) is 28.9 Å². The molecule has 0 spiro atoms. The van der Waals surface area contributed by atoms with Gasteiger partial charge in [0.25, 0.3) is 0 Å². The van der Waals surface area contributed by atoms with Crippen LogP contribution in [0.3, 0.4) is 0 Å². The molecule has 2 aliphatic rings. The molecule has 0 atom stereocenters. The molecule has 1 fully saturated rings. The molecule has 1 saturated heterocycles. The van der Waals surface area contributed by atoms with Gasteiger partial charge in [-0.3, -0.25) is 9.69 Å². The van der Waals surface area contributed by atoms with Crippen LogP contribution in [0.5, 0.6) is 0 Å². The number of carbonyl (C=O) groups excluding carboxylic acids is 1. The summed E-state index contributed by atoms with van der Waals surface area (Å²) in [6.07, 6.45) is 3.57. The zero-order valence-electron chi connectivity index (χ0n) is 14.6. The van der Waals surface area contributed by atoms with Crippen molar-refractivity contribution in [2.24, 2.45) is 0 Å². The summed E-state index contributed by atoms with van der Waals surface area (Å²) in [5.41, 5.74) is 4.32. The van der Waals surface area contributed by atoms with Crippen LogP contribution >= 0.6 is 0 Å². The molecule has 1 aromatic carbocycles. The minimum atomic E-state index is 0.121. The fraction of sp³-hybridized carbons (Fsp3) is 0.526. The number of carbonyl (C=O) groups is 1. The molecular formula is C19H24N4O2. The largest absolute Gasteiger partial charge is 0.341 e. The Bertz CT molecular complexity index is 732. The number of aromatic nitrogens is 2. The number of fused-ring (bicyclic) bond motifs is 1. The topological polar surface area (TPSA) is 62.5 Å². The predicted octanol–water partition coefficient (Wildman–Crippen LogP) is 1.62. The van der Waals surface area contributed by atoms with Crippen LogP contribution in [0.1, 0.15) is 28.9 Å². The van der Waals surface area contributed by atoms with Crippen LogP contribution in [0.2, 0.25) is 0 Å². The van der Waals surface area contributed by atoms with E-state index in [4.69, 9.17) is 4.63 Å². The minimum Gasteiger partial charge on any atom is -0.341 e. The summed E-state index contributed by atoms with van der Waals surface area (Å²) >= 11 is 0. The summed E-state index contributed by atoms with van der Waals surface area (Å²) in [7, 11) is 0. The Morgan fingerprint density at radius 3 is 2.56 bits per heavy atom. The van der Waals surface area contributed by atoms with Crippen LogP contribution in [0.4, 0.5) is 0 Å². The van der Waals surface area contributed by atoms with Gasteiger partial charge in [0.1, 0.15) is 11.4 Å². The number of hydrogen-bond donors (Lipinski definition) is 0. The normalized spacial score (nSPS) is 19.0. The Morgan fingerprint density at radius 1 is 1.12 bits per heavy atom. The smallest absolute Gasteiger partial charge is 0.228 e. The number of benzene rings is 1. The Morgan fingerprint density at radius 2 is 1.88 bits per heavy atom. The zero-order valence-corrected chi connectivity index (χ0v) is 14.6. The van der Waals surface area contributed by atoms with Crippen LogP contribution in [0, 0.1) is 6.92 Å². The van der Waals surface area contributed by atoms with E-state index in [0.29, 0.717) is 17.4 Å². The van der Waals surface area contributed by atoms with Crippen LogP contribution in [-0.4, -0.2) is 58.2 Å². The first-order chi connectivity index (χ1) is 12.2. The van der Waals surface area contributed by atoms with Gasteiger partial charge in [-0.2, -0.15) is 0 Å². The number of hydrogen-bond acceptors (Lipinski definition) is 5. The first kappa shape index (κ1) is 16.3. The number of amides is 1. The van der Waals surface area contributed by atoms with Crippen molar-refractivity contribution in [3.63, 3.8) is 0 Å².